The molecule has 6 nitrogen and oxygen atoms in total. The summed E-state index contributed by atoms with van der Waals surface area (Å²) in [4.78, 5) is 24.5. The Morgan fingerprint density at radius 2 is 2.26 bits per heavy atom. The maximum absolute atomic E-state index is 13.9. The van der Waals surface area contributed by atoms with Gasteiger partial charge in [-0.2, -0.15) is 4.39 Å². The highest BCUT2D eigenvalue weighted by atomic mass is 19.2. The summed E-state index contributed by atoms with van der Waals surface area (Å²) < 4.78 is 34.4. The van der Waals surface area contributed by atoms with Gasteiger partial charge in [0.15, 0.2) is 11.6 Å². The van der Waals surface area contributed by atoms with Crippen molar-refractivity contribution >= 4 is 16.8 Å². The lowest BCUT2D eigenvalue weighted by molar-refractivity contribution is 0.0942. The molecule has 0 radical (unpaired) electrons. The minimum Gasteiger partial charge on any atom is -0.486 e. The first-order valence-electron chi connectivity index (χ1n) is 7.04. The molecular weight excluding hydrogens is 310 g/mol. The van der Waals surface area contributed by atoms with Gasteiger partial charge in [0, 0.05) is 12.7 Å². The molecule has 1 aliphatic heterocycles. The quantitative estimate of drug-likeness (QED) is 0.881. The molecule has 2 aromatic rings. The van der Waals surface area contributed by atoms with E-state index in [1.165, 1.54) is 10.8 Å². The zero-order chi connectivity index (χ0) is 16.7. The van der Waals surface area contributed by atoms with Crippen LogP contribution in [0, 0.1) is 11.6 Å². The molecule has 1 aromatic heterocycles. The maximum atomic E-state index is 13.9. The number of ether oxygens (including phenoxy) is 1. The van der Waals surface area contributed by atoms with E-state index in [1.807, 2.05) is 0 Å². The number of hydrogen-bond donors (Lipinski definition) is 2. The lowest BCUT2D eigenvalue weighted by Crippen LogP contribution is -2.33. The Morgan fingerprint density at radius 1 is 1.52 bits per heavy atom. The van der Waals surface area contributed by atoms with E-state index in [2.05, 4.69) is 5.32 Å². The number of amides is 1. The van der Waals surface area contributed by atoms with Gasteiger partial charge in [0.1, 0.15) is 12.2 Å². The van der Waals surface area contributed by atoms with E-state index in [9.17, 15) is 18.4 Å². The normalized spacial score (nSPS) is 16.3. The van der Waals surface area contributed by atoms with Gasteiger partial charge in [-0.3, -0.25) is 9.59 Å². The minimum atomic E-state index is -1.21. The number of benzene rings is 1. The van der Waals surface area contributed by atoms with Crippen molar-refractivity contribution < 1.29 is 23.4 Å². The van der Waals surface area contributed by atoms with Gasteiger partial charge in [-0.25, -0.2) is 4.39 Å². The van der Waals surface area contributed by atoms with Crippen LogP contribution in [-0.4, -0.2) is 35.3 Å². The van der Waals surface area contributed by atoms with Crippen LogP contribution in [0.5, 0.6) is 5.75 Å². The van der Waals surface area contributed by atoms with Crippen molar-refractivity contribution in [2.45, 2.75) is 13.0 Å². The first kappa shape index (κ1) is 15.4. The lowest BCUT2D eigenvalue weighted by atomic mass is 10.1. The molecule has 23 heavy (non-hydrogen) atoms. The second-order valence-corrected chi connectivity index (χ2v) is 5.32. The Bertz CT molecular complexity index is 863. The second kappa shape index (κ2) is 5.62. The number of carbonyl (C=O) groups is 1. The number of carbonyl (C=O) groups excluding carboxylic acids is 1. The number of hydrogen-bond acceptors (Lipinski definition) is 4. The molecule has 0 bridgehead atoms. The van der Waals surface area contributed by atoms with E-state index in [4.69, 9.17) is 9.84 Å². The number of rotatable bonds is 3. The van der Waals surface area contributed by atoms with Crippen LogP contribution in [0.25, 0.3) is 10.9 Å². The molecule has 1 atom stereocenters. The van der Waals surface area contributed by atoms with E-state index in [-0.39, 0.29) is 48.0 Å². The minimum absolute atomic E-state index is 0.0159. The molecule has 0 fully saturated rings. The van der Waals surface area contributed by atoms with Gasteiger partial charge in [0.2, 0.25) is 11.2 Å². The van der Waals surface area contributed by atoms with Crippen molar-refractivity contribution in [1.29, 1.82) is 0 Å². The fraction of sp³-hybridized carbons (Fsp3) is 0.333. The van der Waals surface area contributed by atoms with Crippen molar-refractivity contribution in [3.63, 3.8) is 0 Å². The monoisotopic (exact) mass is 324 g/mol. The molecule has 1 aliphatic rings. The standard InChI is InChI=1S/C15H14F2N2O4/c1-7-6-23-14-11(17)10(16)4-8-12(14)19(7)5-9(13(8)21)15(22)18-2-3-20/h4-5,7,20H,2-3,6H2,1H3,(H,18,22)/t7-/m0/s1. The van der Waals surface area contributed by atoms with E-state index < -0.39 is 23.0 Å². The number of aliphatic hydroxyl groups excluding tert-OH is 1. The summed E-state index contributed by atoms with van der Waals surface area (Å²) in [6.45, 7) is 1.56. The van der Waals surface area contributed by atoms with Crippen LogP contribution < -0.4 is 15.5 Å². The molecule has 0 saturated heterocycles. The molecule has 1 amide bonds. The van der Waals surface area contributed by atoms with Gasteiger partial charge in [0.05, 0.1) is 23.6 Å². The second-order valence-electron chi connectivity index (χ2n) is 5.32. The number of nitrogens with one attached hydrogen (secondary N) is 1. The third-order valence-electron chi connectivity index (χ3n) is 3.75. The molecule has 0 saturated carbocycles. The molecule has 3 rings (SSSR count). The molecular formula is C15H14F2N2O4. The zero-order valence-electron chi connectivity index (χ0n) is 12.2. The Labute approximate surface area is 129 Å². The number of nitrogens with zero attached hydrogens (tertiary/aromatic N) is 1. The van der Waals surface area contributed by atoms with E-state index in [1.54, 1.807) is 6.92 Å². The molecule has 8 heteroatoms. The number of halogens is 2. The molecule has 122 valence electrons. The topological polar surface area (TPSA) is 80.6 Å². The summed E-state index contributed by atoms with van der Waals surface area (Å²) in [7, 11) is 0. The smallest absolute Gasteiger partial charge is 0.256 e. The molecule has 0 unspecified atom stereocenters. The first-order chi connectivity index (χ1) is 11.0. The van der Waals surface area contributed by atoms with Crippen LogP contribution in [0.1, 0.15) is 23.3 Å². The summed E-state index contributed by atoms with van der Waals surface area (Å²) in [5.74, 6) is -3.37. The highest BCUT2D eigenvalue weighted by molar-refractivity contribution is 5.98. The van der Waals surface area contributed by atoms with Crippen LogP contribution in [0.3, 0.4) is 0 Å². The molecule has 2 heterocycles. The van der Waals surface area contributed by atoms with Crippen LogP contribution in [0.15, 0.2) is 17.1 Å². The number of aromatic nitrogens is 1. The van der Waals surface area contributed by atoms with E-state index in [0.717, 1.165) is 6.07 Å². The van der Waals surface area contributed by atoms with Crippen molar-refractivity contribution in [3.05, 3.63) is 39.7 Å². The van der Waals surface area contributed by atoms with Crippen molar-refractivity contribution in [2.24, 2.45) is 0 Å². The van der Waals surface area contributed by atoms with E-state index in [0.29, 0.717) is 0 Å². The van der Waals surface area contributed by atoms with Crippen molar-refractivity contribution in [3.8, 4) is 5.75 Å². The predicted octanol–water partition coefficient (Wildman–Crippen LogP) is 0.955. The number of pyridine rings is 1. The fourth-order valence-electron chi connectivity index (χ4n) is 2.62. The summed E-state index contributed by atoms with van der Waals surface area (Å²) in [6.07, 6.45) is 1.31. The van der Waals surface area contributed by atoms with Crippen molar-refractivity contribution in [1.82, 2.24) is 9.88 Å². The molecule has 0 aliphatic carbocycles. The lowest BCUT2D eigenvalue weighted by Gasteiger charge is -2.27. The average Bonchev–Trinajstić information content (AvgIpc) is 2.53. The largest absolute Gasteiger partial charge is 0.486 e. The van der Waals surface area contributed by atoms with Gasteiger partial charge in [-0.15, -0.1) is 0 Å². The molecule has 2 N–H and O–H groups in total. The predicted molar refractivity (Wildman–Crippen MR) is 77.7 cm³/mol. The van der Waals surface area contributed by atoms with Gasteiger partial charge >= 0.3 is 0 Å². The Hall–Kier alpha value is -2.48. The summed E-state index contributed by atoms with van der Waals surface area (Å²) in [6, 6.07) is 0.511. The van der Waals surface area contributed by atoms with Crippen LogP contribution in [-0.2, 0) is 0 Å². The summed E-state index contributed by atoms with van der Waals surface area (Å²) >= 11 is 0. The highest BCUT2D eigenvalue weighted by Crippen LogP contribution is 2.35. The fourth-order valence-corrected chi connectivity index (χ4v) is 2.62. The van der Waals surface area contributed by atoms with Crippen LogP contribution in [0.4, 0.5) is 8.78 Å². The maximum Gasteiger partial charge on any atom is 0.256 e. The van der Waals surface area contributed by atoms with Crippen LogP contribution in [0.2, 0.25) is 0 Å². The number of aliphatic hydroxyl groups is 1. The third-order valence-corrected chi connectivity index (χ3v) is 3.75. The van der Waals surface area contributed by atoms with Gasteiger partial charge < -0.3 is 19.7 Å². The Morgan fingerprint density at radius 3 is 2.96 bits per heavy atom. The van der Waals surface area contributed by atoms with Gasteiger partial charge in [-0.05, 0) is 13.0 Å². The molecule has 0 spiro atoms. The Balaban J connectivity index is 2.32. The Kier molecular flexibility index (Phi) is 3.77. The van der Waals surface area contributed by atoms with E-state index >= 15 is 0 Å². The van der Waals surface area contributed by atoms with Gasteiger partial charge in [-0.1, -0.05) is 0 Å². The summed E-state index contributed by atoms with van der Waals surface area (Å²) in [5, 5.41) is 11.0. The average molecular weight is 324 g/mol. The zero-order valence-corrected chi connectivity index (χ0v) is 12.2. The third kappa shape index (κ3) is 2.35. The van der Waals surface area contributed by atoms with Gasteiger partial charge in [0.25, 0.3) is 5.91 Å². The SMILES string of the molecule is C[C@H]1COc2c(F)c(F)cc3c(=O)c(C(=O)NCCO)cn1c23. The summed E-state index contributed by atoms with van der Waals surface area (Å²) in [5.41, 5.74) is -0.785. The van der Waals surface area contributed by atoms with Crippen molar-refractivity contribution in [2.75, 3.05) is 19.8 Å². The first-order valence-corrected chi connectivity index (χ1v) is 7.04. The molecule has 1 aromatic carbocycles. The van der Waals surface area contributed by atoms with Crippen LogP contribution >= 0.6 is 0 Å². The highest BCUT2D eigenvalue weighted by Gasteiger charge is 2.28.